The molecule has 37 heavy (non-hydrogen) atoms. The highest BCUT2D eigenvalue weighted by atomic mass is 32.1. The highest BCUT2D eigenvalue weighted by Gasteiger charge is 2.17. The standard InChI is InChI=1S/C36H26S/c1-3-11-25-21-32-31-22-26(18-19-33(31)37-34(32)20-23(25)2)36-29-16-9-7-14-27(29)35(24-12-5-4-6-13-24)28-15-8-10-17-30(28)36/h3-22H,1-2H3/b11-3-. The molecule has 6 aromatic carbocycles. The number of hydrogen-bond acceptors (Lipinski definition) is 1. The molecule has 0 fully saturated rings. The smallest absolute Gasteiger partial charge is 0.0358 e. The average molecular weight is 491 g/mol. The normalized spacial score (nSPS) is 11.9. The van der Waals surface area contributed by atoms with Crippen LogP contribution in [0.3, 0.4) is 0 Å². The summed E-state index contributed by atoms with van der Waals surface area (Å²) in [5, 5.41) is 7.86. The molecule has 0 radical (unpaired) electrons. The van der Waals surface area contributed by atoms with Gasteiger partial charge in [0, 0.05) is 20.2 Å². The average Bonchev–Trinajstić information content (AvgIpc) is 3.28. The zero-order valence-electron chi connectivity index (χ0n) is 21.0. The SMILES string of the molecule is C/C=C\c1cc2c(cc1C)sc1ccc(-c3c4ccccc4c(-c4ccccc4)c4ccccc34)cc12. The molecule has 0 spiro atoms. The molecule has 0 amide bonds. The summed E-state index contributed by atoms with van der Waals surface area (Å²) in [6, 6.07) is 40.3. The number of thiophene rings is 1. The van der Waals surface area contributed by atoms with E-state index in [2.05, 4.69) is 135 Å². The summed E-state index contributed by atoms with van der Waals surface area (Å²) < 4.78 is 2.69. The third-order valence-corrected chi connectivity index (χ3v) is 8.62. The Morgan fingerprint density at radius 3 is 1.70 bits per heavy atom. The van der Waals surface area contributed by atoms with Gasteiger partial charge in [0.05, 0.1) is 0 Å². The molecule has 0 saturated carbocycles. The number of fused-ring (bicyclic) bond motifs is 5. The van der Waals surface area contributed by atoms with Crippen molar-refractivity contribution in [2.45, 2.75) is 13.8 Å². The van der Waals surface area contributed by atoms with Gasteiger partial charge in [-0.2, -0.15) is 0 Å². The summed E-state index contributed by atoms with van der Waals surface area (Å²) in [6.45, 7) is 4.29. The summed E-state index contributed by atoms with van der Waals surface area (Å²) >= 11 is 1.89. The highest BCUT2D eigenvalue weighted by molar-refractivity contribution is 7.25. The van der Waals surface area contributed by atoms with Crippen LogP contribution in [0.4, 0.5) is 0 Å². The Hall–Kier alpha value is -4.20. The summed E-state index contributed by atoms with van der Waals surface area (Å²) in [6.07, 6.45) is 4.34. The van der Waals surface area contributed by atoms with Crippen molar-refractivity contribution < 1.29 is 0 Å². The number of benzene rings is 6. The van der Waals surface area contributed by atoms with Gasteiger partial charge in [0.25, 0.3) is 0 Å². The van der Waals surface area contributed by atoms with Crippen molar-refractivity contribution in [1.82, 2.24) is 0 Å². The first-order valence-corrected chi connectivity index (χ1v) is 13.6. The zero-order valence-corrected chi connectivity index (χ0v) is 21.8. The van der Waals surface area contributed by atoms with Crippen molar-refractivity contribution in [1.29, 1.82) is 0 Å². The molecule has 0 aliphatic rings. The van der Waals surface area contributed by atoms with Crippen LogP contribution in [0.1, 0.15) is 18.1 Å². The number of aryl methyl sites for hydroxylation is 1. The van der Waals surface area contributed by atoms with Gasteiger partial charge < -0.3 is 0 Å². The van der Waals surface area contributed by atoms with Crippen molar-refractivity contribution in [3.8, 4) is 22.3 Å². The minimum absolute atomic E-state index is 1.26. The molecule has 0 bridgehead atoms. The second kappa shape index (κ2) is 8.73. The van der Waals surface area contributed by atoms with Crippen LogP contribution in [0.2, 0.25) is 0 Å². The minimum atomic E-state index is 1.26. The minimum Gasteiger partial charge on any atom is -0.135 e. The van der Waals surface area contributed by atoms with Crippen LogP contribution in [0, 0.1) is 6.92 Å². The largest absolute Gasteiger partial charge is 0.135 e. The van der Waals surface area contributed by atoms with Crippen LogP contribution in [0.25, 0.3) is 70.0 Å². The van der Waals surface area contributed by atoms with Gasteiger partial charge in [-0.15, -0.1) is 11.3 Å². The van der Waals surface area contributed by atoms with Crippen LogP contribution in [-0.2, 0) is 0 Å². The molecule has 176 valence electrons. The quantitative estimate of drug-likeness (QED) is 0.216. The lowest BCUT2D eigenvalue weighted by atomic mass is 9.86. The van der Waals surface area contributed by atoms with Crippen molar-refractivity contribution in [3.05, 3.63) is 126 Å². The van der Waals surface area contributed by atoms with E-state index in [1.54, 1.807) is 0 Å². The molecule has 7 rings (SSSR count). The highest BCUT2D eigenvalue weighted by Crippen LogP contribution is 2.45. The molecule has 7 aromatic rings. The fraction of sp³-hybridized carbons (Fsp3) is 0.0556. The van der Waals surface area contributed by atoms with Crippen LogP contribution < -0.4 is 0 Å². The van der Waals surface area contributed by atoms with Gasteiger partial charge in [0.1, 0.15) is 0 Å². The molecule has 0 atom stereocenters. The van der Waals surface area contributed by atoms with Gasteiger partial charge in [-0.25, -0.2) is 0 Å². The lowest BCUT2D eigenvalue weighted by molar-refractivity contribution is 1.48. The molecule has 0 aliphatic heterocycles. The van der Waals surface area contributed by atoms with Crippen molar-refractivity contribution >= 4 is 59.1 Å². The summed E-state index contributed by atoms with van der Waals surface area (Å²) in [5.74, 6) is 0. The van der Waals surface area contributed by atoms with Gasteiger partial charge in [-0.1, -0.05) is 97.1 Å². The van der Waals surface area contributed by atoms with E-state index < -0.39 is 0 Å². The lowest BCUT2D eigenvalue weighted by Gasteiger charge is -2.17. The summed E-state index contributed by atoms with van der Waals surface area (Å²) in [4.78, 5) is 0. The van der Waals surface area contributed by atoms with E-state index in [1.807, 2.05) is 11.3 Å². The molecule has 0 N–H and O–H groups in total. The second-order valence-corrected chi connectivity index (χ2v) is 10.8. The van der Waals surface area contributed by atoms with E-state index in [4.69, 9.17) is 0 Å². The van der Waals surface area contributed by atoms with E-state index in [-0.39, 0.29) is 0 Å². The molecule has 0 aliphatic carbocycles. The maximum atomic E-state index is 2.42. The Kier molecular flexibility index (Phi) is 5.20. The van der Waals surface area contributed by atoms with E-state index in [1.165, 1.54) is 75.1 Å². The Morgan fingerprint density at radius 1 is 0.514 bits per heavy atom. The first kappa shape index (κ1) is 22.0. The molecular formula is C36H26S. The van der Waals surface area contributed by atoms with E-state index in [0.717, 1.165) is 0 Å². The molecule has 1 aromatic heterocycles. The molecular weight excluding hydrogens is 464 g/mol. The van der Waals surface area contributed by atoms with Gasteiger partial charge in [0.2, 0.25) is 0 Å². The number of allylic oxidation sites excluding steroid dienone is 1. The molecule has 0 nitrogen and oxygen atoms in total. The van der Waals surface area contributed by atoms with E-state index in [9.17, 15) is 0 Å². The van der Waals surface area contributed by atoms with Gasteiger partial charge in [-0.3, -0.25) is 0 Å². The third kappa shape index (κ3) is 3.50. The Balaban J connectivity index is 1.58. The molecule has 1 heteroatoms. The van der Waals surface area contributed by atoms with E-state index in [0.29, 0.717) is 0 Å². The first-order chi connectivity index (χ1) is 18.2. The lowest BCUT2D eigenvalue weighted by Crippen LogP contribution is -1.90. The van der Waals surface area contributed by atoms with Crippen LogP contribution in [0.5, 0.6) is 0 Å². The van der Waals surface area contributed by atoms with Crippen molar-refractivity contribution in [2.24, 2.45) is 0 Å². The van der Waals surface area contributed by atoms with Gasteiger partial charge in [-0.05, 0) is 93.0 Å². The monoisotopic (exact) mass is 490 g/mol. The Morgan fingerprint density at radius 2 is 1.08 bits per heavy atom. The van der Waals surface area contributed by atoms with Crippen LogP contribution in [0.15, 0.2) is 115 Å². The second-order valence-electron chi connectivity index (χ2n) is 9.73. The number of rotatable bonds is 3. The molecule has 0 unspecified atom stereocenters. The van der Waals surface area contributed by atoms with Gasteiger partial charge in [0.15, 0.2) is 0 Å². The topological polar surface area (TPSA) is 0 Å². The summed E-state index contributed by atoms with van der Waals surface area (Å²) in [7, 11) is 0. The fourth-order valence-corrected chi connectivity index (χ4v) is 6.98. The fourth-order valence-electron chi connectivity index (χ4n) is 5.81. The molecule has 1 heterocycles. The zero-order chi connectivity index (χ0) is 24.9. The van der Waals surface area contributed by atoms with E-state index >= 15 is 0 Å². The maximum absolute atomic E-state index is 2.42. The summed E-state index contributed by atoms with van der Waals surface area (Å²) in [5.41, 5.74) is 7.77. The number of hydrogen-bond donors (Lipinski definition) is 0. The van der Waals surface area contributed by atoms with Crippen molar-refractivity contribution in [2.75, 3.05) is 0 Å². The third-order valence-electron chi connectivity index (χ3n) is 7.49. The van der Waals surface area contributed by atoms with Gasteiger partial charge >= 0.3 is 0 Å². The maximum Gasteiger partial charge on any atom is 0.0358 e. The van der Waals surface area contributed by atoms with Crippen LogP contribution in [-0.4, -0.2) is 0 Å². The predicted molar refractivity (Wildman–Crippen MR) is 165 cm³/mol. The predicted octanol–water partition coefficient (Wildman–Crippen LogP) is 11.0. The Bertz CT molecular complexity index is 1930. The first-order valence-electron chi connectivity index (χ1n) is 12.8. The van der Waals surface area contributed by atoms with Crippen LogP contribution >= 0.6 is 11.3 Å². The van der Waals surface area contributed by atoms with Crippen molar-refractivity contribution in [3.63, 3.8) is 0 Å². The molecule has 0 saturated heterocycles. The Labute approximate surface area is 221 Å².